The first-order chi connectivity index (χ1) is 8.45. The summed E-state index contributed by atoms with van der Waals surface area (Å²) < 4.78 is 0. The summed E-state index contributed by atoms with van der Waals surface area (Å²) >= 11 is 5.67. The van der Waals surface area contributed by atoms with Crippen LogP contribution in [0.25, 0.3) is 0 Å². The Bertz CT molecular complexity index is 465. The fraction of sp³-hybridized carbons (Fsp3) is 0.364. The van der Waals surface area contributed by atoms with Gasteiger partial charge in [-0.3, -0.25) is 14.9 Å². The molecule has 98 valence electrons. The number of nitro groups is 1. The van der Waals surface area contributed by atoms with Crippen LogP contribution in [0, 0.1) is 10.1 Å². The van der Waals surface area contributed by atoms with Crippen LogP contribution in [0.5, 0.6) is 0 Å². The molecule has 1 aromatic carbocycles. The molecule has 0 bridgehead atoms. The summed E-state index contributed by atoms with van der Waals surface area (Å²) in [5.41, 5.74) is -0.287. The molecular formula is C11H14ClN3O3. The van der Waals surface area contributed by atoms with Crippen molar-refractivity contribution in [2.45, 2.75) is 13.0 Å². The van der Waals surface area contributed by atoms with Gasteiger partial charge in [-0.05, 0) is 26.1 Å². The number of carbonyl (C=O) groups is 1. The third-order valence-electron chi connectivity index (χ3n) is 2.46. The predicted octanol–water partition coefficient (Wildman–Crippen LogP) is 1.59. The van der Waals surface area contributed by atoms with Gasteiger partial charge >= 0.3 is 0 Å². The quantitative estimate of drug-likeness (QED) is 0.629. The molecule has 0 aliphatic rings. The van der Waals surface area contributed by atoms with Gasteiger partial charge in [-0.2, -0.15) is 0 Å². The highest BCUT2D eigenvalue weighted by atomic mass is 35.5. The summed E-state index contributed by atoms with van der Waals surface area (Å²) in [6.07, 6.45) is 0. The van der Waals surface area contributed by atoms with Gasteiger partial charge in [0.05, 0.1) is 4.92 Å². The van der Waals surface area contributed by atoms with E-state index in [4.69, 9.17) is 11.6 Å². The zero-order valence-electron chi connectivity index (χ0n) is 10.1. The Morgan fingerprint density at radius 3 is 2.78 bits per heavy atom. The minimum Gasteiger partial charge on any atom is -0.350 e. The number of carbonyl (C=O) groups excluding carboxylic acids is 1. The number of halogens is 1. The van der Waals surface area contributed by atoms with Crippen LogP contribution in [-0.4, -0.2) is 30.5 Å². The highest BCUT2D eigenvalue weighted by Gasteiger charge is 2.20. The molecular weight excluding hydrogens is 258 g/mol. The van der Waals surface area contributed by atoms with Crippen molar-refractivity contribution < 1.29 is 9.72 Å². The lowest BCUT2D eigenvalue weighted by molar-refractivity contribution is -0.385. The van der Waals surface area contributed by atoms with Crippen LogP contribution in [-0.2, 0) is 0 Å². The van der Waals surface area contributed by atoms with E-state index in [1.807, 2.05) is 6.92 Å². The van der Waals surface area contributed by atoms with Gasteiger partial charge in [0.1, 0.15) is 5.56 Å². The van der Waals surface area contributed by atoms with Crippen molar-refractivity contribution in [1.29, 1.82) is 0 Å². The predicted molar refractivity (Wildman–Crippen MR) is 69.0 cm³/mol. The molecule has 0 spiro atoms. The Labute approximate surface area is 109 Å². The number of likely N-dealkylation sites (N-methyl/N-ethyl adjacent to an activating group) is 1. The summed E-state index contributed by atoms with van der Waals surface area (Å²) in [5.74, 6) is -0.486. The van der Waals surface area contributed by atoms with Crippen molar-refractivity contribution in [2.75, 3.05) is 13.6 Å². The summed E-state index contributed by atoms with van der Waals surface area (Å²) in [7, 11) is 1.77. The number of rotatable bonds is 5. The van der Waals surface area contributed by atoms with Gasteiger partial charge in [-0.25, -0.2) is 0 Å². The number of benzene rings is 1. The molecule has 0 saturated carbocycles. The smallest absolute Gasteiger partial charge is 0.283 e. The van der Waals surface area contributed by atoms with Crippen LogP contribution < -0.4 is 10.6 Å². The van der Waals surface area contributed by atoms with Crippen LogP contribution in [0.4, 0.5) is 5.69 Å². The normalized spacial score (nSPS) is 11.9. The van der Waals surface area contributed by atoms with E-state index in [-0.39, 0.29) is 22.3 Å². The highest BCUT2D eigenvalue weighted by molar-refractivity contribution is 6.31. The minimum atomic E-state index is -0.623. The molecule has 18 heavy (non-hydrogen) atoms. The molecule has 0 fully saturated rings. The van der Waals surface area contributed by atoms with Gasteiger partial charge in [0.25, 0.3) is 11.6 Å². The fourth-order valence-corrected chi connectivity index (χ4v) is 1.46. The van der Waals surface area contributed by atoms with Gasteiger partial charge in [-0.15, -0.1) is 0 Å². The fourth-order valence-electron chi connectivity index (χ4n) is 1.29. The van der Waals surface area contributed by atoms with Gasteiger partial charge in [0.2, 0.25) is 0 Å². The third-order valence-corrected chi connectivity index (χ3v) is 2.70. The Kier molecular flexibility index (Phi) is 5.06. The Morgan fingerprint density at radius 1 is 1.56 bits per heavy atom. The molecule has 2 N–H and O–H groups in total. The van der Waals surface area contributed by atoms with Crippen molar-refractivity contribution in [3.8, 4) is 0 Å². The average molecular weight is 272 g/mol. The minimum absolute atomic E-state index is 0.00713. The van der Waals surface area contributed by atoms with Crippen molar-refractivity contribution in [3.05, 3.63) is 38.9 Å². The molecule has 0 heterocycles. The van der Waals surface area contributed by atoms with Crippen molar-refractivity contribution in [1.82, 2.24) is 10.6 Å². The summed E-state index contributed by atoms with van der Waals surface area (Å²) in [6, 6.07) is 4.04. The van der Waals surface area contributed by atoms with Crippen LogP contribution in [0.1, 0.15) is 17.3 Å². The number of hydrogen-bond donors (Lipinski definition) is 2. The molecule has 1 amide bonds. The van der Waals surface area contributed by atoms with E-state index < -0.39 is 10.8 Å². The molecule has 1 rings (SSSR count). The molecule has 0 saturated heterocycles. The number of nitrogens with one attached hydrogen (secondary N) is 2. The van der Waals surface area contributed by atoms with E-state index in [1.165, 1.54) is 12.1 Å². The van der Waals surface area contributed by atoms with Crippen LogP contribution >= 0.6 is 11.6 Å². The number of nitro benzene ring substituents is 1. The second-order valence-corrected chi connectivity index (χ2v) is 4.25. The maximum absolute atomic E-state index is 11.8. The van der Waals surface area contributed by atoms with Gasteiger partial charge in [0, 0.05) is 23.7 Å². The average Bonchev–Trinajstić information content (AvgIpc) is 2.35. The molecule has 0 radical (unpaired) electrons. The molecule has 0 aromatic heterocycles. The van der Waals surface area contributed by atoms with Crippen molar-refractivity contribution >= 4 is 23.2 Å². The van der Waals surface area contributed by atoms with E-state index in [1.54, 1.807) is 7.05 Å². The first kappa shape index (κ1) is 14.4. The van der Waals surface area contributed by atoms with E-state index in [0.717, 1.165) is 6.07 Å². The second kappa shape index (κ2) is 6.32. The van der Waals surface area contributed by atoms with Gasteiger partial charge < -0.3 is 10.6 Å². The maximum atomic E-state index is 11.8. The van der Waals surface area contributed by atoms with E-state index >= 15 is 0 Å². The number of nitrogens with zero attached hydrogens (tertiary/aromatic N) is 1. The summed E-state index contributed by atoms with van der Waals surface area (Å²) in [4.78, 5) is 22.0. The van der Waals surface area contributed by atoms with Crippen LogP contribution in [0.2, 0.25) is 5.02 Å². The Balaban J connectivity index is 2.88. The van der Waals surface area contributed by atoms with Crippen LogP contribution in [0.3, 0.4) is 0 Å². The molecule has 1 unspecified atom stereocenters. The zero-order valence-corrected chi connectivity index (χ0v) is 10.8. The van der Waals surface area contributed by atoms with Crippen molar-refractivity contribution in [3.63, 3.8) is 0 Å². The molecule has 7 heteroatoms. The number of hydrogen-bond acceptors (Lipinski definition) is 4. The van der Waals surface area contributed by atoms with Gasteiger partial charge in [0.15, 0.2) is 0 Å². The van der Waals surface area contributed by atoms with E-state index in [2.05, 4.69) is 10.6 Å². The SMILES string of the molecule is CNC(C)CNC(=O)c1ccc(Cl)cc1[N+](=O)[O-]. The zero-order chi connectivity index (χ0) is 13.7. The third kappa shape index (κ3) is 3.68. The highest BCUT2D eigenvalue weighted by Crippen LogP contribution is 2.22. The largest absolute Gasteiger partial charge is 0.350 e. The first-order valence-electron chi connectivity index (χ1n) is 5.35. The molecule has 0 aliphatic heterocycles. The number of amides is 1. The topological polar surface area (TPSA) is 84.3 Å². The summed E-state index contributed by atoms with van der Waals surface area (Å²) in [6.45, 7) is 2.27. The molecule has 1 aromatic rings. The Hall–Kier alpha value is -1.66. The molecule has 0 aliphatic carbocycles. The second-order valence-electron chi connectivity index (χ2n) is 3.82. The molecule has 1 atom stereocenters. The van der Waals surface area contributed by atoms with E-state index in [9.17, 15) is 14.9 Å². The first-order valence-corrected chi connectivity index (χ1v) is 5.73. The lowest BCUT2D eigenvalue weighted by Gasteiger charge is -2.11. The molecule has 6 nitrogen and oxygen atoms in total. The maximum Gasteiger partial charge on any atom is 0.283 e. The van der Waals surface area contributed by atoms with E-state index in [0.29, 0.717) is 6.54 Å². The lowest BCUT2D eigenvalue weighted by atomic mass is 10.1. The van der Waals surface area contributed by atoms with Crippen LogP contribution in [0.15, 0.2) is 18.2 Å². The lowest BCUT2D eigenvalue weighted by Crippen LogP contribution is -2.37. The Morgan fingerprint density at radius 2 is 2.22 bits per heavy atom. The monoisotopic (exact) mass is 271 g/mol. The summed E-state index contributed by atoms with van der Waals surface area (Å²) in [5, 5.41) is 16.6. The van der Waals surface area contributed by atoms with Crippen molar-refractivity contribution in [2.24, 2.45) is 0 Å². The standard InChI is InChI=1S/C11H14ClN3O3/c1-7(13-2)6-14-11(16)9-4-3-8(12)5-10(9)15(17)18/h3-5,7,13H,6H2,1-2H3,(H,14,16). The van der Waals surface area contributed by atoms with Gasteiger partial charge in [-0.1, -0.05) is 11.6 Å².